The molecule has 0 aliphatic carbocycles. The van der Waals surface area contributed by atoms with Crippen LogP contribution in [-0.2, 0) is 0 Å². The first-order valence-electron chi connectivity index (χ1n) is 2.42. The molecular weight excluding hydrogens is 186 g/mol. The molecule has 0 radical (unpaired) electrons. The molecule has 0 amide bonds. The van der Waals surface area contributed by atoms with E-state index in [1.165, 1.54) is 0 Å². The molecule has 0 spiro atoms. The summed E-state index contributed by atoms with van der Waals surface area (Å²) >= 11 is 6.18. The molecule has 0 rings (SSSR count). The number of hydrogen-bond acceptors (Lipinski definition) is 0. The fourth-order valence-electron chi connectivity index (χ4n) is 0.279. The van der Waals surface area contributed by atoms with Crippen LogP contribution < -0.4 is 0 Å². The van der Waals surface area contributed by atoms with E-state index in [0.717, 1.165) is 9.25 Å². The normalized spacial score (nSPS) is 11.5. The van der Waals surface area contributed by atoms with Crippen LogP contribution in [-0.4, -0.2) is 15.0 Å². The summed E-state index contributed by atoms with van der Waals surface area (Å²) in [4.78, 5) is 0. The molecule has 0 N–H and O–H groups in total. The zero-order chi connectivity index (χ0) is 6.41. The van der Waals surface area contributed by atoms with Crippen molar-refractivity contribution in [2.75, 3.05) is 0 Å². The summed E-state index contributed by atoms with van der Waals surface area (Å²) in [7, 11) is 0. The Morgan fingerprint density at radius 1 is 1.88 bits per heavy atom. The van der Waals surface area contributed by atoms with Crippen LogP contribution >= 0.6 is 11.6 Å². The van der Waals surface area contributed by atoms with Gasteiger partial charge in [0.25, 0.3) is 0 Å². The van der Waals surface area contributed by atoms with E-state index in [1.807, 2.05) is 6.08 Å². The number of halogens is 1. The number of rotatable bonds is 3. The molecule has 46 valence electrons. The Hall–Kier alpha value is 0.289. The first-order chi connectivity index (χ1) is 3.81. The molecular formula is C6H9ClSe. The maximum atomic E-state index is 5.70. The van der Waals surface area contributed by atoms with E-state index in [2.05, 4.69) is 13.5 Å². The van der Waals surface area contributed by atoms with Crippen LogP contribution in [0.4, 0.5) is 0 Å². The molecule has 0 saturated carbocycles. The molecule has 0 fully saturated rings. The van der Waals surface area contributed by atoms with Crippen molar-refractivity contribution in [1.29, 1.82) is 0 Å². The maximum absolute atomic E-state index is 5.70. The third-order valence-electron chi connectivity index (χ3n) is 0.531. The zero-order valence-electron chi connectivity index (χ0n) is 4.86. The number of hydrogen-bond donors (Lipinski definition) is 0. The Labute approximate surface area is 61.8 Å². The van der Waals surface area contributed by atoms with Crippen LogP contribution in [0.2, 0.25) is 5.32 Å². The third kappa shape index (κ3) is 4.45. The Kier molecular flexibility index (Phi) is 5.62. The zero-order valence-corrected chi connectivity index (χ0v) is 7.32. The second-order valence-electron chi connectivity index (χ2n) is 1.14. The van der Waals surface area contributed by atoms with Gasteiger partial charge < -0.3 is 0 Å². The fraction of sp³-hybridized carbons (Fsp3) is 0.333. The molecule has 0 aliphatic rings. The van der Waals surface area contributed by atoms with Gasteiger partial charge in [-0.2, -0.15) is 0 Å². The van der Waals surface area contributed by atoms with Gasteiger partial charge in [-0.1, -0.05) is 0 Å². The minimum atomic E-state index is 0.482. The minimum absolute atomic E-state index is 0.482. The molecule has 0 nitrogen and oxygen atoms in total. The quantitative estimate of drug-likeness (QED) is 0.479. The summed E-state index contributed by atoms with van der Waals surface area (Å²) in [5, 5.41) is 1.16. The summed E-state index contributed by atoms with van der Waals surface area (Å²) in [6.07, 6.45) is 3.57. The van der Waals surface area contributed by atoms with E-state index < -0.39 is 0 Å². The molecule has 0 unspecified atom stereocenters. The predicted octanol–water partition coefficient (Wildman–Crippen LogP) is 2.40. The Morgan fingerprint density at radius 3 is 2.88 bits per heavy atom. The standard InChI is InChI=1S/C6H9ClSe/c1-3-5-6(7)8-4-2/h3,5H,1,4H2,2H3. The van der Waals surface area contributed by atoms with Gasteiger partial charge in [0, 0.05) is 0 Å². The molecule has 2 heteroatoms. The van der Waals surface area contributed by atoms with Gasteiger partial charge in [-0.3, -0.25) is 0 Å². The fourth-order valence-corrected chi connectivity index (χ4v) is 1.92. The summed E-state index contributed by atoms with van der Waals surface area (Å²) in [6.45, 7) is 5.66. The van der Waals surface area contributed by atoms with Crippen molar-refractivity contribution in [3.8, 4) is 0 Å². The van der Waals surface area contributed by atoms with E-state index in [4.69, 9.17) is 11.6 Å². The molecule has 8 heavy (non-hydrogen) atoms. The predicted molar refractivity (Wildman–Crippen MR) is 40.4 cm³/mol. The van der Waals surface area contributed by atoms with Gasteiger partial charge in [0.15, 0.2) is 0 Å². The Balaban J connectivity index is 3.44. The Morgan fingerprint density at radius 2 is 2.50 bits per heavy atom. The second-order valence-corrected chi connectivity index (χ2v) is 4.79. The van der Waals surface area contributed by atoms with E-state index in [0.29, 0.717) is 15.0 Å². The van der Waals surface area contributed by atoms with Gasteiger partial charge in [0.2, 0.25) is 0 Å². The van der Waals surface area contributed by atoms with Crippen LogP contribution in [0.1, 0.15) is 6.92 Å². The van der Waals surface area contributed by atoms with Crippen LogP contribution in [0, 0.1) is 0 Å². The molecule has 0 aromatic heterocycles. The van der Waals surface area contributed by atoms with Crippen molar-refractivity contribution in [2.24, 2.45) is 0 Å². The van der Waals surface area contributed by atoms with Crippen LogP contribution in [0.25, 0.3) is 0 Å². The first kappa shape index (κ1) is 8.29. The van der Waals surface area contributed by atoms with E-state index in [-0.39, 0.29) is 0 Å². The topological polar surface area (TPSA) is 0 Å². The Bertz CT molecular complexity index is 96.7. The third-order valence-corrected chi connectivity index (χ3v) is 2.69. The summed E-state index contributed by atoms with van der Waals surface area (Å²) < 4.78 is 0.954. The van der Waals surface area contributed by atoms with E-state index in [9.17, 15) is 0 Å². The van der Waals surface area contributed by atoms with Crippen LogP contribution in [0.3, 0.4) is 0 Å². The van der Waals surface area contributed by atoms with Gasteiger partial charge >= 0.3 is 61.5 Å². The molecule has 0 atom stereocenters. The van der Waals surface area contributed by atoms with Crippen LogP contribution in [0.15, 0.2) is 22.7 Å². The SMILES string of the molecule is C=CC=C(Cl)[Se]CC. The van der Waals surface area contributed by atoms with Gasteiger partial charge in [-0.15, -0.1) is 0 Å². The molecule has 0 aromatic carbocycles. The van der Waals surface area contributed by atoms with Crippen molar-refractivity contribution in [3.63, 3.8) is 0 Å². The van der Waals surface area contributed by atoms with Gasteiger partial charge in [0.1, 0.15) is 0 Å². The van der Waals surface area contributed by atoms with Crippen molar-refractivity contribution < 1.29 is 0 Å². The average Bonchev–Trinajstić information content (AvgIpc) is 1.68. The molecule has 0 bridgehead atoms. The summed E-state index contributed by atoms with van der Waals surface area (Å²) in [5.41, 5.74) is 0. The van der Waals surface area contributed by atoms with Gasteiger partial charge in [-0.05, 0) is 0 Å². The van der Waals surface area contributed by atoms with Crippen molar-refractivity contribution in [2.45, 2.75) is 12.2 Å². The van der Waals surface area contributed by atoms with Gasteiger partial charge in [0.05, 0.1) is 0 Å². The monoisotopic (exact) mass is 196 g/mol. The molecule has 0 aromatic rings. The molecule has 0 aliphatic heterocycles. The molecule has 0 heterocycles. The van der Waals surface area contributed by atoms with Crippen LogP contribution in [0.5, 0.6) is 0 Å². The summed E-state index contributed by atoms with van der Waals surface area (Å²) in [6, 6.07) is 0. The summed E-state index contributed by atoms with van der Waals surface area (Å²) in [5.74, 6) is 0. The van der Waals surface area contributed by atoms with Crippen molar-refractivity contribution in [1.82, 2.24) is 0 Å². The average molecular weight is 196 g/mol. The second kappa shape index (κ2) is 5.43. The van der Waals surface area contributed by atoms with Gasteiger partial charge in [-0.25, -0.2) is 0 Å². The van der Waals surface area contributed by atoms with E-state index in [1.54, 1.807) is 6.08 Å². The van der Waals surface area contributed by atoms with Crippen molar-refractivity contribution in [3.05, 3.63) is 22.7 Å². The van der Waals surface area contributed by atoms with E-state index >= 15 is 0 Å². The first-order valence-corrected chi connectivity index (χ1v) is 4.86. The number of allylic oxidation sites excluding steroid dienone is 2. The molecule has 0 saturated heterocycles. The van der Waals surface area contributed by atoms with Crippen molar-refractivity contribution >= 4 is 26.6 Å².